The van der Waals surface area contributed by atoms with E-state index in [1.54, 1.807) is 0 Å². The molecule has 3 nitrogen and oxygen atoms in total. The van der Waals surface area contributed by atoms with Crippen LogP contribution in [0.1, 0.15) is 53.1 Å². The second-order valence-electron chi connectivity index (χ2n) is 6.26. The molecule has 0 amide bonds. The molecule has 0 fully saturated rings. The summed E-state index contributed by atoms with van der Waals surface area (Å²) in [5, 5.41) is 4.71. The van der Waals surface area contributed by atoms with E-state index in [4.69, 9.17) is 9.84 Å². The fourth-order valence-electron chi connectivity index (χ4n) is 3.63. The number of aryl methyl sites for hydroxylation is 4. The molecule has 0 aliphatic carbocycles. The topological polar surface area (TPSA) is 27.1 Å². The Balaban J connectivity index is 2.13. The van der Waals surface area contributed by atoms with Gasteiger partial charge in [-0.2, -0.15) is 5.10 Å². The lowest BCUT2D eigenvalue weighted by molar-refractivity contribution is 0.290. The van der Waals surface area contributed by atoms with Gasteiger partial charge in [-0.1, -0.05) is 17.7 Å². The Morgan fingerprint density at radius 2 is 1.86 bits per heavy atom. The molecule has 1 aromatic heterocycles. The van der Waals surface area contributed by atoms with Crippen LogP contribution in [0.15, 0.2) is 18.3 Å². The van der Waals surface area contributed by atoms with Crippen molar-refractivity contribution in [2.24, 2.45) is 7.05 Å². The molecule has 2 aromatic rings. The molecule has 0 spiro atoms. The van der Waals surface area contributed by atoms with Gasteiger partial charge in [-0.05, 0) is 56.7 Å². The van der Waals surface area contributed by atoms with Crippen molar-refractivity contribution in [1.29, 1.82) is 0 Å². The van der Waals surface area contributed by atoms with Crippen LogP contribution in [0, 0.1) is 20.8 Å². The van der Waals surface area contributed by atoms with Crippen molar-refractivity contribution < 1.29 is 4.74 Å². The van der Waals surface area contributed by atoms with Crippen molar-refractivity contribution in [2.45, 2.75) is 46.0 Å². The summed E-state index contributed by atoms with van der Waals surface area (Å²) in [6.45, 7) is 7.41. The van der Waals surface area contributed by atoms with Gasteiger partial charge in [-0.25, -0.2) is 0 Å². The number of ether oxygens (including phenoxy) is 1. The second kappa shape index (κ2) is 5.55. The number of hydrogen-bond acceptors (Lipinski definition) is 2. The fourth-order valence-corrected chi connectivity index (χ4v) is 3.63. The third-order valence-corrected chi connectivity index (χ3v) is 4.38. The van der Waals surface area contributed by atoms with Gasteiger partial charge in [0.25, 0.3) is 0 Å². The van der Waals surface area contributed by atoms with E-state index in [1.807, 2.05) is 17.9 Å². The normalized spacial score (nSPS) is 18.6. The van der Waals surface area contributed by atoms with Crippen molar-refractivity contribution in [3.63, 3.8) is 0 Å². The van der Waals surface area contributed by atoms with Crippen molar-refractivity contribution >= 4 is 0 Å². The van der Waals surface area contributed by atoms with Crippen LogP contribution in [0.25, 0.3) is 0 Å². The van der Waals surface area contributed by atoms with Crippen molar-refractivity contribution in [3.8, 4) is 5.75 Å². The highest BCUT2D eigenvalue weighted by Crippen LogP contribution is 2.39. The Bertz CT molecular complexity index is 634. The minimum Gasteiger partial charge on any atom is -0.490 e. The zero-order chi connectivity index (χ0) is 15.0. The summed E-state index contributed by atoms with van der Waals surface area (Å²) in [6.07, 6.45) is 5.47. The van der Waals surface area contributed by atoms with Crippen molar-refractivity contribution in [2.75, 3.05) is 6.61 Å². The number of fused-ring (bicyclic) bond motifs is 1. The molecule has 21 heavy (non-hydrogen) atoms. The third kappa shape index (κ3) is 2.69. The quantitative estimate of drug-likeness (QED) is 0.790. The van der Waals surface area contributed by atoms with Gasteiger partial charge >= 0.3 is 0 Å². The van der Waals surface area contributed by atoms with Gasteiger partial charge in [0, 0.05) is 13.0 Å². The van der Waals surface area contributed by atoms with E-state index in [9.17, 15) is 0 Å². The van der Waals surface area contributed by atoms with Gasteiger partial charge in [0.05, 0.1) is 12.8 Å². The van der Waals surface area contributed by atoms with Crippen LogP contribution < -0.4 is 4.74 Å². The first-order chi connectivity index (χ1) is 10.1. The smallest absolute Gasteiger partial charge is 0.160 e. The second-order valence-corrected chi connectivity index (χ2v) is 6.26. The molecule has 1 aliphatic heterocycles. The first kappa shape index (κ1) is 14.2. The monoisotopic (exact) mass is 284 g/mol. The lowest BCUT2D eigenvalue weighted by atomic mass is 9.83. The minimum atomic E-state index is 0.349. The maximum atomic E-state index is 5.92. The van der Waals surface area contributed by atoms with E-state index in [1.165, 1.54) is 28.7 Å². The van der Waals surface area contributed by atoms with E-state index in [2.05, 4.69) is 32.9 Å². The summed E-state index contributed by atoms with van der Waals surface area (Å²) < 4.78 is 7.80. The molecule has 3 rings (SSSR count). The first-order valence-electron chi connectivity index (χ1n) is 7.80. The average molecular weight is 284 g/mol. The van der Waals surface area contributed by atoms with Crippen molar-refractivity contribution in [3.05, 3.63) is 46.3 Å². The number of rotatable bonds is 1. The van der Waals surface area contributed by atoms with Gasteiger partial charge < -0.3 is 4.74 Å². The highest BCUT2D eigenvalue weighted by Gasteiger charge is 2.26. The van der Waals surface area contributed by atoms with Crippen LogP contribution in [-0.4, -0.2) is 16.4 Å². The summed E-state index contributed by atoms with van der Waals surface area (Å²) in [5.74, 6) is 1.31. The predicted molar refractivity (Wildman–Crippen MR) is 85.1 cm³/mol. The zero-order valence-corrected chi connectivity index (χ0v) is 13.4. The molecular formula is C18H24N2O. The van der Waals surface area contributed by atoms with E-state index < -0.39 is 0 Å². The Labute approximate surface area is 126 Å². The Hall–Kier alpha value is -1.77. The minimum absolute atomic E-state index is 0.349. The summed E-state index contributed by atoms with van der Waals surface area (Å²) in [4.78, 5) is 0. The number of aromatic nitrogens is 2. The molecule has 1 atom stereocenters. The largest absolute Gasteiger partial charge is 0.490 e. The zero-order valence-electron chi connectivity index (χ0n) is 13.4. The first-order valence-corrected chi connectivity index (χ1v) is 7.80. The SMILES string of the molecule is Cc1cc(C)c([C@@H]2CCCCOc3cn(C)nc32)c(C)c1. The highest BCUT2D eigenvalue weighted by atomic mass is 16.5. The summed E-state index contributed by atoms with van der Waals surface area (Å²) >= 11 is 0. The molecule has 112 valence electrons. The van der Waals surface area contributed by atoms with Gasteiger partial charge in [0.2, 0.25) is 0 Å². The lowest BCUT2D eigenvalue weighted by Gasteiger charge is -2.23. The summed E-state index contributed by atoms with van der Waals surface area (Å²) in [6, 6.07) is 4.56. The molecule has 0 saturated carbocycles. The standard InChI is InChI=1S/C18H24N2O/c1-12-9-13(2)17(14(3)10-12)15-7-5-6-8-21-16-11-20(4)19-18(15)16/h9-11,15H,5-8H2,1-4H3/t15-/m0/s1. The number of nitrogens with zero attached hydrogens (tertiary/aromatic N) is 2. The lowest BCUT2D eigenvalue weighted by Crippen LogP contribution is -2.12. The molecule has 0 N–H and O–H groups in total. The Kier molecular flexibility index (Phi) is 3.75. The Morgan fingerprint density at radius 3 is 2.57 bits per heavy atom. The molecule has 0 radical (unpaired) electrons. The van der Waals surface area contributed by atoms with Crippen LogP contribution in [0.3, 0.4) is 0 Å². The van der Waals surface area contributed by atoms with Gasteiger partial charge in [0.15, 0.2) is 5.75 Å². The summed E-state index contributed by atoms with van der Waals surface area (Å²) in [5.41, 5.74) is 6.61. The molecule has 1 aliphatic rings. The molecule has 0 saturated heterocycles. The molecule has 0 bridgehead atoms. The molecule has 0 unspecified atom stereocenters. The maximum absolute atomic E-state index is 5.92. The van der Waals surface area contributed by atoms with Crippen molar-refractivity contribution in [1.82, 2.24) is 9.78 Å². The van der Waals surface area contributed by atoms with E-state index in [-0.39, 0.29) is 0 Å². The van der Waals surface area contributed by atoms with Crippen LogP contribution in [0.4, 0.5) is 0 Å². The van der Waals surface area contributed by atoms with E-state index in [0.29, 0.717) is 5.92 Å². The average Bonchev–Trinajstić information content (AvgIpc) is 2.73. The predicted octanol–water partition coefficient (Wildman–Crippen LogP) is 4.04. The molecule has 2 heterocycles. The van der Waals surface area contributed by atoms with Crippen LogP contribution in [0.5, 0.6) is 5.75 Å². The third-order valence-electron chi connectivity index (χ3n) is 4.38. The number of hydrogen-bond donors (Lipinski definition) is 0. The van der Waals surface area contributed by atoms with Gasteiger partial charge in [0.1, 0.15) is 5.69 Å². The maximum Gasteiger partial charge on any atom is 0.160 e. The molecule has 3 heteroatoms. The molecular weight excluding hydrogens is 260 g/mol. The van der Waals surface area contributed by atoms with Crippen LogP contribution in [0.2, 0.25) is 0 Å². The summed E-state index contributed by atoms with van der Waals surface area (Å²) in [7, 11) is 1.97. The van der Waals surface area contributed by atoms with E-state index in [0.717, 1.165) is 30.9 Å². The van der Waals surface area contributed by atoms with Gasteiger partial charge in [-0.15, -0.1) is 0 Å². The fraction of sp³-hybridized carbons (Fsp3) is 0.500. The van der Waals surface area contributed by atoms with E-state index >= 15 is 0 Å². The Morgan fingerprint density at radius 1 is 1.14 bits per heavy atom. The highest BCUT2D eigenvalue weighted by molar-refractivity contribution is 5.46. The van der Waals surface area contributed by atoms with Crippen LogP contribution in [-0.2, 0) is 7.05 Å². The van der Waals surface area contributed by atoms with Gasteiger partial charge in [-0.3, -0.25) is 4.68 Å². The van der Waals surface area contributed by atoms with Crippen LogP contribution >= 0.6 is 0 Å². The molecule has 1 aromatic carbocycles. The number of benzene rings is 1.